The Morgan fingerprint density at radius 1 is 1.08 bits per heavy atom. The van der Waals surface area contributed by atoms with Gasteiger partial charge in [-0.05, 0) is 23.8 Å². The van der Waals surface area contributed by atoms with E-state index < -0.39 is 0 Å². The van der Waals surface area contributed by atoms with Crippen LogP contribution in [0, 0.1) is 0 Å². The minimum Gasteiger partial charge on any atom is -0.444 e. The van der Waals surface area contributed by atoms with E-state index in [1.165, 1.54) is 12.5 Å². The van der Waals surface area contributed by atoms with Crippen molar-refractivity contribution in [1.29, 1.82) is 0 Å². The number of oxazole rings is 1. The summed E-state index contributed by atoms with van der Waals surface area (Å²) in [5.41, 5.74) is 2.32. The van der Waals surface area contributed by atoms with Crippen LogP contribution in [-0.4, -0.2) is 23.3 Å². The summed E-state index contributed by atoms with van der Waals surface area (Å²) in [6.07, 6.45) is 6.03. The van der Waals surface area contributed by atoms with Crippen LogP contribution in [0.1, 0.15) is 5.56 Å². The molecule has 6 nitrogen and oxygen atoms in total. The third-order valence-electron chi connectivity index (χ3n) is 3.51. The summed E-state index contributed by atoms with van der Waals surface area (Å²) >= 11 is 0. The molecule has 0 bridgehead atoms. The number of amides is 2. The highest BCUT2D eigenvalue weighted by molar-refractivity contribution is 5.98. The van der Waals surface area contributed by atoms with Crippen LogP contribution in [0.3, 0.4) is 0 Å². The second-order valence-electron chi connectivity index (χ2n) is 5.46. The molecule has 3 rings (SSSR count). The number of anilines is 1. The van der Waals surface area contributed by atoms with E-state index in [2.05, 4.69) is 15.6 Å². The van der Waals surface area contributed by atoms with Gasteiger partial charge in [0.25, 0.3) is 0 Å². The summed E-state index contributed by atoms with van der Waals surface area (Å²) in [5, 5.41) is 5.28. The predicted molar refractivity (Wildman–Crippen MR) is 99.1 cm³/mol. The second kappa shape index (κ2) is 8.43. The van der Waals surface area contributed by atoms with Gasteiger partial charge in [0.2, 0.25) is 11.8 Å². The molecule has 26 heavy (non-hydrogen) atoms. The van der Waals surface area contributed by atoms with E-state index in [4.69, 9.17) is 4.42 Å². The van der Waals surface area contributed by atoms with Gasteiger partial charge in [-0.2, -0.15) is 0 Å². The Balaban J connectivity index is 1.50. The molecule has 130 valence electrons. The molecule has 0 spiro atoms. The molecule has 0 unspecified atom stereocenters. The number of rotatable bonds is 6. The average Bonchev–Trinajstić information content (AvgIpc) is 3.21. The maximum absolute atomic E-state index is 12.0. The number of hydrogen-bond donors (Lipinski definition) is 2. The van der Waals surface area contributed by atoms with Crippen LogP contribution in [0.2, 0.25) is 0 Å². The lowest BCUT2D eigenvalue weighted by atomic mass is 10.1. The van der Waals surface area contributed by atoms with Gasteiger partial charge < -0.3 is 15.1 Å². The van der Waals surface area contributed by atoms with Crippen molar-refractivity contribution in [3.05, 3.63) is 78.8 Å². The molecule has 3 aromatic rings. The van der Waals surface area contributed by atoms with Gasteiger partial charge in [0, 0.05) is 17.3 Å². The molecule has 2 aromatic carbocycles. The molecule has 1 aromatic heterocycles. The van der Waals surface area contributed by atoms with Gasteiger partial charge in [0.1, 0.15) is 0 Å². The van der Waals surface area contributed by atoms with Crippen molar-refractivity contribution >= 4 is 23.6 Å². The fourth-order valence-corrected chi connectivity index (χ4v) is 2.28. The Morgan fingerprint density at radius 3 is 2.69 bits per heavy atom. The van der Waals surface area contributed by atoms with Crippen LogP contribution in [0.5, 0.6) is 0 Å². The third-order valence-corrected chi connectivity index (χ3v) is 3.51. The smallest absolute Gasteiger partial charge is 0.244 e. The van der Waals surface area contributed by atoms with Crippen molar-refractivity contribution in [2.75, 3.05) is 11.9 Å². The Hall–Kier alpha value is -3.67. The van der Waals surface area contributed by atoms with Gasteiger partial charge >= 0.3 is 0 Å². The first-order valence-corrected chi connectivity index (χ1v) is 8.00. The monoisotopic (exact) mass is 347 g/mol. The van der Waals surface area contributed by atoms with Crippen molar-refractivity contribution in [2.45, 2.75) is 0 Å². The minimum atomic E-state index is -0.334. The van der Waals surface area contributed by atoms with Gasteiger partial charge in [0.05, 0.1) is 12.7 Å². The van der Waals surface area contributed by atoms with E-state index in [0.717, 1.165) is 11.1 Å². The zero-order valence-corrected chi connectivity index (χ0v) is 13.9. The quantitative estimate of drug-likeness (QED) is 0.671. The number of carbonyl (C=O) groups excluding carboxylic acids is 2. The summed E-state index contributed by atoms with van der Waals surface area (Å²) in [5.74, 6) is -0.0407. The molecule has 2 N–H and O–H groups in total. The topological polar surface area (TPSA) is 84.2 Å². The summed E-state index contributed by atoms with van der Waals surface area (Å²) < 4.78 is 5.23. The first-order valence-electron chi connectivity index (χ1n) is 8.00. The Labute approximate surface area is 150 Å². The van der Waals surface area contributed by atoms with Gasteiger partial charge in [-0.3, -0.25) is 9.59 Å². The molecule has 6 heteroatoms. The summed E-state index contributed by atoms with van der Waals surface area (Å²) in [6.45, 7) is -0.121. The average molecular weight is 347 g/mol. The molecule has 0 saturated carbocycles. The highest BCUT2D eigenvalue weighted by Gasteiger charge is 2.06. The number of benzene rings is 2. The van der Waals surface area contributed by atoms with Crippen LogP contribution in [0.25, 0.3) is 17.4 Å². The standard InChI is InChI=1S/C20H17N3O3/c24-19(10-9-15-5-2-1-3-6-15)22-13-20(25)23-17-8-4-7-16(11-17)18-12-21-14-26-18/h1-12,14H,13H2,(H,22,24)(H,23,25)/b10-9-. The van der Waals surface area contributed by atoms with Crippen molar-refractivity contribution in [3.63, 3.8) is 0 Å². The van der Waals surface area contributed by atoms with Crippen molar-refractivity contribution in [1.82, 2.24) is 10.3 Å². The predicted octanol–water partition coefficient (Wildman–Crippen LogP) is 3.11. The number of hydrogen-bond acceptors (Lipinski definition) is 4. The number of aromatic nitrogens is 1. The van der Waals surface area contributed by atoms with Gasteiger partial charge in [-0.1, -0.05) is 42.5 Å². The lowest BCUT2D eigenvalue weighted by molar-refractivity contribution is -0.121. The van der Waals surface area contributed by atoms with Crippen LogP contribution in [0.4, 0.5) is 5.69 Å². The van der Waals surface area contributed by atoms with Gasteiger partial charge in [-0.15, -0.1) is 0 Å². The van der Waals surface area contributed by atoms with Gasteiger partial charge in [0.15, 0.2) is 12.2 Å². The van der Waals surface area contributed by atoms with E-state index in [1.807, 2.05) is 36.4 Å². The van der Waals surface area contributed by atoms with Crippen molar-refractivity contribution in [2.24, 2.45) is 0 Å². The largest absolute Gasteiger partial charge is 0.444 e. The fourth-order valence-electron chi connectivity index (χ4n) is 2.28. The minimum absolute atomic E-state index is 0.121. The van der Waals surface area contributed by atoms with E-state index in [0.29, 0.717) is 11.4 Å². The molecule has 0 saturated heterocycles. The van der Waals surface area contributed by atoms with E-state index in [-0.39, 0.29) is 18.4 Å². The number of nitrogens with one attached hydrogen (secondary N) is 2. The van der Waals surface area contributed by atoms with E-state index in [1.54, 1.807) is 30.5 Å². The maximum atomic E-state index is 12.0. The van der Waals surface area contributed by atoms with E-state index in [9.17, 15) is 9.59 Å². The lowest BCUT2D eigenvalue weighted by Crippen LogP contribution is -2.31. The number of carbonyl (C=O) groups is 2. The second-order valence-corrected chi connectivity index (χ2v) is 5.46. The third kappa shape index (κ3) is 4.91. The zero-order chi connectivity index (χ0) is 18.2. The molecular formula is C20H17N3O3. The van der Waals surface area contributed by atoms with Gasteiger partial charge in [-0.25, -0.2) is 4.98 Å². The lowest BCUT2D eigenvalue weighted by Gasteiger charge is -2.07. The highest BCUT2D eigenvalue weighted by atomic mass is 16.3. The van der Waals surface area contributed by atoms with Crippen LogP contribution < -0.4 is 10.6 Å². The highest BCUT2D eigenvalue weighted by Crippen LogP contribution is 2.21. The molecule has 0 aliphatic heterocycles. The molecule has 1 heterocycles. The normalized spacial score (nSPS) is 10.6. The first-order chi connectivity index (χ1) is 12.7. The molecule has 0 fully saturated rings. The Bertz CT molecular complexity index is 903. The Morgan fingerprint density at radius 2 is 1.92 bits per heavy atom. The van der Waals surface area contributed by atoms with E-state index >= 15 is 0 Å². The summed E-state index contributed by atoms with van der Waals surface area (Å²) in [7, 11) is 0. The SMILES string of the molecule is O=C(/C=C\c1ccccc1)NCC(=O)Nc1cccc(-c2cnco2)c1. The summed E-state index contributed by atoms with van der Waals surface area (Å²) in [6, 6.07) is 16.6. The molecule has 0 atom stereocenters. The van der Waals surface area contributed by atoms with Crippen molar-refractivity contribution in [3.8, 4) is 11.3 Å². The first kappa shape index (κ1) is 17.2. The van der Waals surface area contributed by atoms with Crippen LogP contribution in [-0.2, 0) is 9.59 Å². The van der Waals surface area contributed by atoms with Crippen LogP contribution >= 0.6 is 0 Å². The number of nitrogens with zero attached hydrogens (tertiary/aromatic N) is 1. The zero-order valence-electron chi connectivity index (χ0n) is 13.9. The Kier molecular flexibility index (Phi) is 5.57. The molecule has 2 amide bonds. The summed E-state index contributed by atoms with van der Waals surface area (Å²) in [4.78, 5) is 27.7. The van der Waals surface area contributed by atoms with Crippen molar-refractivity contribution < 1.29 is 14.0 Å². The van der Waals surface area contributed by atoms with Crippen LogP contribution in [0.15, 0.2) is 77.7 Å². The molecule has 0 radical (unpaired) electrons. The molecule has 0 aliphatic carbocycles. The fraction of sp³-hybridized carbons (Fsp3) is 0.0500. The molecular weight excluding hydrogens is 330 g/mol. The maximum Gasteiger partial charge on any atom is 0.244 e. The molecule has 0 aliphatic rings.